The number of furan rings is 1. The summed E-state index contributed by atoms with van der Waals surface area (Å²) in [5, 5.41) is 0. The lowest BCUT2D eigenvalue weighted by Crippen LogP contribution is -2.05. The lowest BCUT2D eigenvalue weighted by Gasteiger charge is -2.05. The molecule has 0 spiro atoms. The molecular formula is C14H14FN3O. The number of aryl methyl sites for hydroxylation is 3. The van der Waals surface area contributed by atoms with Gasteiger partial charge in [-0.05, 0) is 30.7 Å². The quantitative estimate of drug-likeness (QED) is 0.786. The van der Waals surface area contributed by atoms with Gasteiger partial charge in [0.15, 0.2) is 0 Å². The van der Waals surface area contributed by atoms with Crippen molar-refractivity contribution >= 4 is 17.0 Å². The van der Waals surface area contributed by atoms with E-state index in [2.05, 4.69) is 4.98 Å². The molecule has 19 heavy (non-hydrogen) atoms. The Hall–Kier alpha value is -2.30. The minimum atomic E-state index is -0.261. The van der Waals surface area contributed by atoms with Crippen molar-refractivity contribution in [1.82, 2.24) is 9.55 Å². The van der Waals surface area contributed by atoms with Crippen molar-refractivity contribution in [1.29, 1.82) is 0 Å². The van der Waals surface area contributed by atoms with E-state index in [1.54, 1.807) is 19.3 Å². The molecule has 0 unspecified atom stereocenters. The second-order valence-electron chi connectivity index (χ2n) is 4.54. The summed E-state index contributed by atoms with van der Waals surface area (Å²) in [6, 6.07) is 6.96. The largest absolute Gasteiger partial charge is 0.469 e. The molecule has 2 heterocycles. The second-order valence-corrected chi connectivity index (χ2v) is 4.54. The maximum atomic E-state index is 13.5. The summed E-state index contributed by atoms with van der Waals surface area (Å²) in [6.45, 7) is 2.38. The van der Waals surface area contributed by atoms with Crippen LogP contribution in [0.2, 0.25) is 0 Å². The zero-order valence-electron chi connectivity index (χ0n) is 10.6. The molecule has 2 N–H and O–H groups in total. The molecule has 0 amide bonds. The normalized spacial score (nSPS) is 11.3. The summed E-state index contributed by atoms with van der Waals surface area (Å²) in [7, 11) is 0. The van der Waals surface area contributed by atoms with Crippen LogP contribution in [-0.4, -0.2) is 9.55 Å². The second kappa shape index (κ2) is 4.42. The monoisotopic (exact) mass is 259 g/mol. The number of hydrogen-bond donors (Lipinski definition) is 1. The topological polar surface area (TPSA) is 57.0 Å². The van der Waals surface area contributed by atoms with Gasteiger partial charge in [-0.1, -0.05) is 0 Å². The van der Waals surface area contributed by atoms with E-state index >= 15 is 0 Å². The molecule has 0 aliphatic carbocycles. The van der Waals surface area contributed by atoms with E-state index in [1.165, 1.54) is 6.07 Å². The van der Waals surface area contributed by atoms with Gasteiger partial charge in [-0.25, -0.2) is 9.37 Å². The molecule has 0 radical (unpaired) electrons. The predicted octanol–water partition coefficient (Wildman–Crippen LogP) is 2.90. The molecule has 0 fully saturated rings. The fourth-order valence-electron chi connectivity index (χ4n) is 2.18. The van der Waals surface area contributed by atoms with Crippen molar-refractivity contribution in [2.45, 2.75) is 19.9 Å². The summed E-state index contributed by atoms with van der Waals surface area (Å²) >= 11 is 0. The Balaban J connectivity index is 1.98. The van der Waals surface area contributed by atoms with Crippen LogP contribution in [0, 0.1) is 12.7 Å². The van der Waals surface area contributed by atoms with E-state index in [-0.39, 0.29) is 5.82 Å². The highest BCUT2D eigenvalue weighted by molar-refractivity contribution is 5.79. The molecule has 0 saturated heterocycles. The molecular weight excluding hydrogens is 245 g/mol. The Kier molecular flexibility index (Phi) is 2.74. The number of nitrogens with zero attached hydrogens (tertiary/aromatic N) is 2. The number of imidazole rings is 1. The number of anilines is 1. The molecule has 1 aromatic carbocycles. The smallest absolute Gasteiger partial charge is 0.201 e. The summed E-state index contributed by atoms with van der Waals surface area (Å²) < 4.78 is 20.7. The average Bonchev–Trinajstić information content (AvgIpc) is 2.96. The number of fused-ring (bicyclic) bond motifs is 1. The van der Waals surface area contributed by atoms with Crippen LogP contribution in [0.25, 0.3) is 11.0 Å². The third-order valence-electron chi connectivity index (χ3n) is 3.22. The van der Waals surface area contributed by atoms with Gasteiger partial charge in [-0.15, -0.1) is 0 Å². The molecule has 0 atom stereocenters. The SMILES string of the molecule is Cc1cc2c(cc1F)nc(N)n2CCc1ccco1. The van der Waals surface area contributed by atoms with Crippen LogP contribution >= 0.6 is 0 Å². The van der Waals surface area contributed by atoms with E-state index in [1.807, 2.05) is 16.7 Å². The predicted molar refractivity (Wildman–Crippen MR) is 71.3 cm³/mol. The molecule has 3 aromatic rings. The number of nitrogen functional groups attached to an aromatic ring is 1. The van der Waals surface area contributed by atoms with Crippen LogP contribution in [0.1, 0.15) is 11.3 Å². The summed E-state index contributed by atoms with van der Waals surface area (Å²) in [5.41, 5.74) is 7.91. The summed E-state index contributed by atoms with van der Waals surface area (Å²) in [5.74, 6) is 1.02. The van der Waals surface area contributed by atoms with E-state index < -0.39 is 0 Å². The van der Waals surface area contributed by atoms with Gasteiger partial charge in [0.2, 0.25) is 5.95 Å². The Morgan fingerprint density at radius 2 is 2.26 bits per heavy atom. The summed E-state index contributed by atoms with van der Waals surface area (Å²) in [6.07, 6.45) is 2.36. The van der Waals surface area contributed by atoms with Crippen molar-refractivity contribution in [2.24, 2.45) is 0 Å². The van der Waals surface area contributed by atoms with Gasteiger partial charge in [0.25, 0.3) is 0 Å². The number of halogens is 1. The molecule has 0 aliphatic heterocycles. The molecule has 3 rings (SSSR count). The van der Waals surface area contributed by atoms with Crippen LogP contribution in [0.5, 0.6) is 0 Å². The van der Waals surface area contributed by atoms with Crippen molar-refractivity contribution in [3.8, 4) is 0 Å². The molecule has 0 bridgehead atoms. The van der Waals surface area contributed by atoms with Crippen molar-refractivity contribution in [2.75, 3.05) is 5.73 Å². The third-order valence-corrected chi connectivity index (χ3v) is 3.22. The number of rotatable bonds is 3. The van der Waals surface area contributed by atoms with E-state index in [0.717, 1.165) is 17.7 Å². The highest BCUT2D eigenvalue weighted by Crippen LogP contribution is 2.22. The van der Waals surface area contributed by atoms with Crippen LogP contribution in [0.4, 0.5) is 10.3 Å². The van der Waals surface area contributed by atoms with Crippen molar-refractivity contribution < 1.29 is 8.81 Å². The Morgan fingerprint density at radius 1 is 1.42 bits per heavy atom. The van der Waals surface area contributed by atoms with Gasteiger partial charge in [-0.2, -0.15) is 0 Å². The molecule has 98 valence electrons. The molecule has 4 nitrogen and oxygen atoms in total. The van der Waals surface area contributed by atoms with Crippen LogP contribution in [-0.2, 0) is 13.0 Å². The summed E-state index contributed by atoms with van der Waals surface area (Å²) in [4.78, 5) is 4.19. The molecule has 0 saturated carbocycles. The highest BCUT2D eigenvalue weighted by Gasteiger charge is 2.11. The van der Waals surface area contributed by atoms with Crippen LogP contribution in [0.3, 0.4) is 0 Å². The van der Waals surface area contributed by atoms with Crippen molar-refractivity contribution in [3.63, 3.8) is 0 Å². The minimum absolute atomic E-state index is 0.261. The first kappa shape index (κ1) is 11.8. The highest BCUT2D eigenvalue weighted by atomic mass is 19.1. The number of hydrogen-bond acceptors (Lipinski definition) is 3. The fourth-order valence-corrected chi connectivity index (χ4v) is 2.18. The first-order chi connectivity index (χ1) is 9.15. The zero-order valence-corrected chi connectivity index (χ0v) is 10.6. The Bertz CT molecular complexity index is 716. The van der Waals surface area contributed by atoms with E-state index in [9.17, 15) is 4.39 Å². The molecule has 0 aliphatic rings. The molecule has 2 aromatic heterocycles. The maximum Gasteiger partial charge on any atom is 0.201 e. The van der Waals surface area contributed by atoms with Gasteiger partial charge in [0, 0.05) is 19.0 Å². The average molecular weight is 259 g/mol. The lowest BCUT2D eigenvalue weighted by molar-refractivity contribution is 0.494. The minimum Gasteiger partial charge on any atom is -0.469 e. The lowest BCUT2D eigenvalue weighted by atomic mass is 10.2. The van der Waals surface area contributed by atoms with Gasteiger partial charge < -0.3 is 14.7 Å². The first-order valence-corrected chi connectivity index (χ1v) is 6.09. The van der Waals surface area contributed by atoms with Gasteiger partial charge >= 0.3 is 0 Å². The standard InChI is InChI=1S/C14H14FN3O/c1-9-7-13-12(8-11(9)15)17-14(16)18(13)5-4-10-3-2-6-19-10/h2-3,6-8H,4-5H2,1H3,(H2,16,17). The van der Waals surface area contributed by atoms with Crippen LogP contribution in [0.15, 0.2) is 34.9 Å². The van der Waals surface area contributed by atoms with Gasteiger partial charge in [0.05, 0.1) is 17.3 Å². The van der Waals surface area contributed by atoms with E-state index in [0.29, 0.717) is 23.6 Å². The van der Waals surface area contributed by atoms with Crippen molar-refractivity contribution in [3.05, 3.63) is 47.7 Å². The first-order valence-electron chi connectivity index (χ1n) is 6.09. The van der Waals surface area contributed by atoms with E-state index in [4.69, 9.17) is 10.2 Å². The number of aromatic nitrogens is 2. The van der Waals surface area contributed by atoms with Gasteiger partial charge in [-0.3, -0.25) is 0 Å². The van der Waals surface area contributed by atoms with Gasteiger partial charge in [0.1, 0.15) is 11.6 Å². The zero-order chi connectivity index (χ0) is 13.4. The maximum absolute atomic E-state index is 13.5. The number of nitrogens with two attached hydrogens (primary N) is 1. The Morgan fingerprint density at radius 3 is 3.00 bits per heavy atom. The van der Waals surface area contributed by atoms with Crippen LogP contribution < -0.4 is 5.73 Å². The number of benzene rings is 1. The fraction of sp³-hybridized carbons (Fsp3) is 0.214. The Labute approximate surface area is 109 Å². The third kappa shape index (κ3) is 2.07. The molecule has 5 heteroatoms.